The van der Waals surface area contributed by atoms with E-state index in [9.17, 15) is 27.7 Å². The standard InChI is InChI=1S/C23H22FN3O6S/c1-3-26(4-2)34(31,32)20-13-14-22(33-19-11-7-17(24)8-12-19)21(15-20)25-23(28)16-5-9-18(10-6-16)27(29)30/h5-15H,3-4H2,1-2H3,(H,25,28). The molecule has 1 N–H and O–H groups in total. The van der Waals surface area contributed by atoms with Crippen LogP contribution in [0.4, 0.5) is 15.8 Å². The number of anilines is 1. The molecular weight excluding hydrogens is 465 g/mol. The van der Waals surface area contributed by atoms with Crippen molar-refractivity contribution < 1.29 is 27.3 Å². The van der Waals surface area contributed by atoms with Crippen LogP contribution in [-0.4, -0.2) is 36.6 Å². The summed E-state index contributed by atoms with van der Waals surface area (Å²) < 4.78 is 46.2. The number of nitrogens with zero attached hydrogens (tertiary/aromatic N) is 2. The lowest BCUT2D eigenvalue weighted by molar-refractivity contribution is -0.384. The number of hydrogen-bond donors (Lipinski definition) is 1. The molecule has 0 spiro atoms. The summed E-state index contributed by atoms with van der Waals surface area (Å²) in [5.74, 6) is -0.692. The maximum atomic E-state index is 13.2. The molecule has 0 aliphatic carbocycles. The molecule has 34 heavy (non-hydrogen) atoms. The number of sulfonamides is 1. The van der Waals surface area contributed by atoms with Crippen LogP contribution in [0.25, 0.3) is 0 Å². The number of ether oxygens (including phenoxy) is 1. The van der Waals surface area contributed by atoms with Gasteiger partial charge in [0.05, 0.1) is 15.5 Å². The molecule has 0 bridgehead atoms. The molecule has 0 aliphatic heterocycles. The Balaban J connectivity index is 2.00. The van der Waals surface area contributed by atoms with Gasteiger partial charge in [0.25, 0.3) is 11.6 Å². The van der Waals surface area contributed by atoms with Crippen LogP contribution in [0, 0.1) is 15.9 Å². The number of nitro groups is 1. The minimum atomic E-state index is -3.83. The number of carbonyl (C=O) groups excluding carboxylic acids is 1. The van der Waals surface area contributed by atoms with Gasteiger partial charge in [-0.3, -0.25) is 14.9 Å². The number of halogens is 1. The molecule has 3 aromatic rings. The molecular formula is C23H22FN3O6S. The summed E-state index contributed by atoms with van der Waals surface area (Å²) >= 11 is 0. The molecule has 0 saturated carbocycles. The maximum Gasteiger partial charge on any atom is 0.269 e. The lowest BCUT2D eigenvalue weighted by atomic mass is 10.2. The number of carbonyl (C=O) groups is 1. The average molecular weight is 488 g/mol. The molecule has 0 aliphatic rings. The van der Waals surface area contributed by atoms with E-state index in [1.54, 1.807) is 13.8 Å². The van der Waals surface area contributed by atoms with E-state index in [1.807, 2.05) is 0 Å². The number of benzene rings is 3. The highest BCUT2D eigenvalue weighted by Crippen LogP contribution is 2.33. The molecule has 1 amide bonds. The van der Waals surface area contributed by atoms with E-state index in [4.69, 9.17) is 4.74 Å². The Morgan fingerprint density at radius 3 is 2.21 bits per heavy atom. The van der Waals surface area contributed by atoms with Crippen molar-refractivity contribution in [1.82, 2.24) is 4.31 Å². The van der Waals surface area contributed by atoms with Crippen molar-refractivity contribution in [1.29, 1.82) is 0 Å². The van der Waals surface area contributed by atoms with Crippen LogP contribution in [0.1, 0.15) is 24.2 Å². The zero-order valence-corrected chi connectivity index (χ0v) is 19.2. The number of non-ortho nitro benzene ring substituents is 1. The van der Waals surface area contributed by atoms with E-state index < -0.39 is 26.7 Å². The average Bonchev–Trinajstić information content (AvgIpc) is 2.82. The van der Waals surface area contributed by atoms with Gasteiger partial charge in [0.15, 0.2) is 5.75 Å². The van der Waals surface area contributed by atoms with Crippen molar-refractivity contribution in [3.05, 3.63) is 88.2 Å². The fourth-order valence-corrected chi connectivity index (χ4v) is 4.61. The van der Waals surface area contributed by atoms with Gasteiger partial charge in [-0.2, -0.15) is 4.31 Å². The molecule has 0 radical (unpaired) electrons. The number of nitro benzene ring substituents is 1. The number of rotatable bonds is 9. The van der Waals surface area contributed by atoms with Crippen LogP contribution in [0.5, 0.6) is 11.5 Å². The van der Waals surface area contributed by atoms with E-state index in [0.717, 1.165) is 0 Å². The van der Waals surface area contributed by atoms with Gasteiger partial charge in [-0.05, 0) is 54.6 Å². The molecule has 0 aromatic heterocycles. The van der Waals surface area contributed by atoms with Crippen LogP contribution < -0.4 is 10.1 Å². The predicted molar refractivity (Wildman–Crippen MR) is 124 cm³/mol. The normalized spacial score (nSPS) is 11.3. The molecule has 0 heterocycles. The van der Waals surface area contributed by atoms with E-state index >= 15 is 0 Å². The van der Waals surface area contributed by atoms with Crippen molar-refractivity contribution in [2.75, 3.05) is 18.4 Å². The van der Waals surface area contributed by atoms with Crippen LogP contribution in [0.15, 0.2) is 71.6 Å². The molecule has 11 heteroatoms. The Labute approximate surface area is 196 Å². The second-order valence-corrected chi connectivity index (χ2v) is 9.00. The van der Waals surface area contributed by atoms with Gasteiger partial charge < -0.3 is 10.1 Å². The van der Waals surface area contributed by atoms with E-state index in [-0.39, 0.29) is 46.4 Å². The summed E-state index contributed by atoms with van der Waals surface area (Å²) in [4.78, 5) is 23.0. The first-order valence-electron chi connectivity index (χ1n) is 10.3. The molecule has 178 valence electrons. The van der Waals surface area contributed by atoms with Crippen molar-refractivity contribution >= 4 is 27.3 Å². The fraction of sp³-hybridized carbons (Fsp3) is 0.174. The zero-order valence-electron chi connectivity index (χ0n) is 18.4. The maximum absolute atomic E-state index is 13.2. The Morgan fingerprint density at radius 1 is 1.03 bits per heavy atom. The van der Waals surface area contributed by atoms with Gasteiger partial charge in [0.1, 0.15) is 11.6 Å². The third-order valence-corrected chi connectivity index (χ3v) is 6.97. The van der Waals surface area contributed by atoms with Crippen molar-refractivity contribution in [2.24, 2.45) is 0 Å². The first-order valence-corrected chi connectivity index (χ1v) is 11.7. The van der Waals surface area contributed by atoms with Crippen molar-refractivity contribution in [2.45, 2.75) is 18.7 Å². The minimum Gasteiger partial charge on any atom is -0.455 e. The topological polar surface area (TPSA) is 119 Å². The SMILES string of the molecule is CCN(CC)S(=O)(=O)c1ccc(Oc2ccc(F)cc2)c(NC(=O)c2ccc([N+](=O)[O-])cc2)c1. The second kappa shape index (κ2) is 10.4. The molecule has 3 aromatic carbocycles. The van der Waals surface area contributed by atoms with Gasteiger partial charge >= 0.3 is 0 Å². The summed E-state index contributed by atoms with van der Waals surface area (Å²) in [6, 6.07) is 14.1. The van der Waals surface area contributed by atoms with Crippen LogP contribution >= 0.6 is 0 Å². The Kier molecular flexibility index (Phi) is 7.59. The smallest absolute Gasteiger partial charge is 0.269 e. The first kappa shape index (κ1) is 24.8. The Morgan fingerprint density at radius 2 is 1.65 bits per heavy atom. The molecule has 3 rings (SSSR count). The molecule has 0 fully saturated rings. The van der Waals surface area contributed by atoms with Crippen LogP contribution in [0.3, 0.4) is 0 Å². The van der Waals surface area contributed by atoms with Gasteiger partial charge in [0.2, 0.25) is 10.0 Å². The second-order valence-electron chi connectivity index (χ2n) is 7.06. The number of hydrogen-bond acceptors (Lipinski definition) is 6. The Bertz CT molecular complexity index is 1290. The first-order chi connectivity index (χ1) is 16.1. The fourth-order valence-electron chi connectivity index (χ4n) is 3.13. The molecule has 0 atom stereocenters. The van der Waals surface area contributed by atoms with Crippen LogP contribution in [0.2, 0.25) is 0 Å². The number of nitrogens with one attached hydrogen (secondary N) is 1. The highest BCUT2D eigenvalue weighted by molar-refractivity contribution is 7.89. The zero-order chi connectivity index (χ0) is 24.9. The quantitative estimate of drug-likeness (QED) is 0.342. The summed E-state index contributed by atoms with van der Waals surface area (Å²) in [5.41, 5.74) is 0.000407. The highest BCUT2D eigenvalue weighted by Gasteiger charge is 2.24. The van der Waals surface area contributed by atoms with Gasteiger partial charge in [-0.25, -0.2) is 12.8 Å². The monoisotopic (exact) mass is 487 g/mol. The lowest BCUT2D eigenvalue weighted by Gasteiger charge is -2.20. The third kappa shape index (κ3) is 5.56. The number of amides is 1. The van der Waals surface area contributed by atoms with Crippen LogP contribution in [-0.2, 0) is 10.0 Å². The highest BCUT2D eigenvalue weighted by atomic mass is 32.2. The summed E-state index contributed by atoms with van der Waals surface area (Å²) in [5, 5.41) is 13.5. The third-order valence-electron chi connectivity index (χ3n) is 4.92. The molecule has 0 unspecified atom stereocenters. The van der Waals surface area contributed by atoms with E-state index in [0.29, 0.717) is 0 Å². The Hall–Kier alpha value is -3.83. The largest absolute Gasteiger partial charge is 0.455 e. The molecule has 9 nitrogen and oxygen atoms in total. The van der Waals surface area contributed by atoms with Crippen molar-refractivity contribution in [3.8, 4) is 11.5 Å². The van der Waals surface area contributed by atoms with Gasteiger partial charge in [0, 0.05) is 30.8 Å². The lowest BCUT2D eigenvalue weighted by Crippen LogP contribution is -2.30. The van der Waals surface area contributed by atoms with Gasteiger partial charge in [-0.1, -0.05) is 13.8 Å². The summed E-state index contributed by atoms with van der Waals surface area (Å²) in [6.45, 7) is 3.95. The minimum absolute atomic E-state index is 0.0540. The summed E-state index contributed by atoms with van der Waals surface area (Å²) in [6.07, 6.45) is 0. The predicted octanol–water partition coefficient (Wildman–Crippen LogP) is 4.81. The summed E-state index contributed by atoms with van der Waals surface area (Å²) in [7, 11) is -3.83. The van der Waals surface area contributed by atoms with E-state index in [2.05, 4.69) is 5.32 Å². The molecule has 0 saturated heterocycles. The van der Waals surface area contributed by atoms with Gasteiger partial charge in [-0.15, -0.1) is 0 Å². The van der Waals surface area contributed by atoms with Crippen molar-refractivity contribution in [3.63, 3.8) is 0 Å². The van der Waals surface area contributed by atoms with E-state index in [1.165, 1.54) is 71.0 Å².